The van der Waals surface area contributed by atoms with Crippen LogP contribution in [0.3, 0.4) is 0 Å². The summed E-state index contributed by atoms with van der Waals surface area (Å²) in [6, 6.07) is 130. The van der Waals surface area contributed by atoms with Gasteiger partial charge in [-0.15, -0.1) is 0 Å². The molecule has 0 spiro atoms. The first-order valence-corrected chi connectivity index (χ1v) is 34.5. The van der Waals surface area contributed by atoms with Gasteiger partial charge in [0.2, 0.25) is 0 Å². The van der Waals surface area contributed by atoms with Gasteiger partial charge in [-0.1, -0.05) is 315 Å². The average Bonchev–Trinajstić information content (AvgIpc) is 0.739. The third-order valence-corrected chi connectivity index (χ3v) is 25.8. The Morgan fingerprint density at radius 3 is 0.667 bits per heavy atom. The van der Waals surface area contributed by atoms with Crippen molar-refractivity contribution in [1.82, 2.24) is 0 Å². The van der Waals surface area contributed by atoms with E-state index >= 15 is 0 Å². The summed E-state index contributed by atoms with van der Waals surface area (Å²) < 4.78 is 0. The molecule has 0 aliphatic heterocycles. The first-order chi connectivity index (χ1) is 46.2. The standard InChI is InChI=1S/C92H56Si/c1-3-27-65(28-4-1)93(66-29-5-2-6-30-66,67-49-45-59(46-50-67)87-69-31-7-11-35-73(69)91(74-36-12-8-32-70(74)87)63-53-61-25-19-41-79-77-39-15-21-57-23-17-43-81(85(57)77)83(55-63)89(61)79)68-51-47-60(48-52-68)88-71-33-9-13-37-75(71)92(76-38-14-10-34-72(76)88)64-54-62-26-20-42-80-78-40-16-22-58-24-18-44-82(86(58)78)84(56-64)90(62)80/h1-56H. The zero-order valence-corrected chi connectivity index (χ0v) is 51.8. The number of hydrogen-bond donors (Lipinski definition) is 0. The van der Waals surface area contributed by atoms with Crippen molar-refractivity contribution in [3.63, 3.8) is 0 Å². The zero-order valence-electron chi connectivity index (χ0n) is 50.8. The Morgan fingerprint density at radius 2 is 0.366 bits per heavy atom. The average molecular weight is 1190 g/mol. The third kappa shape index (κ3) is 7.48. The number of rotatable bonds is 8. The molecule has 0 saturated heterocycles. The maximum absolute atomic E-state index is 3.01. The van der Waals surface area contributed by atoms with Gasteiger partial charge in [-0.2, -0.15) is 0 Å². The summed E-state index contributed by atoms with van der Waals surface area (Å²) in [6.45, 7) is 0. The van der Waals surface area contributed by atoms with Crippen molar-refractivity contribution in [3.8, 4) is 44.5 Å². The largest absolute Gasteiger partial charge is 0.179 e. The van der Waals surface area contributed by atoms with Gasteiger partial charge in [0.1, 0.15) is 0 Å². The molecule has 0 aliphatic carbocycles. The molecule has 0 aliphatic rings. The fourth-order valence-corrected chi connectivity index (χ4v) is 22.0. The summed E-state index contributed by atoms with van der Waals surface area (Å²) in [4.78, 5) is 0. The van der Waals surface area contributed by atoms with Gasteiger partial charge in [0, 0.05) is 0 Å². The van der Waals surface area contributed by atoms with Crippen molar-refractivity contribution >= 4 is 158 Å². The molecule has 0 N–H and O–H groups in total. The molecule has 0 aromatic heterocycles. The maximum atomic E-state index is 2.49. The smallest absolute Gasteiger partial charge is 0.0623 e. The van der Waals surface area contributed by atoms with E-state index in [9.17, 15) is 0 Å². The van der Waals surface area contributed by atoms with Gasteiger partial charge in [0.15, 0.2) is 8.07 Å². The minimum atomic E-state index is -3.01. The van der Waals surface area contributed by atoms with Crippen molar-refractivity contribution < 1.29 is 0 Å². The molecule has 0 heterocycles. The quantitative estimate of drug-likeness (QED) is 0.0616. The van der Waals surface area contributed by atoms with Crippen molar-refractivity contribution in [2.45, 2.75) is 0 Å². The fraction of sp³-hybridized carbons (Fsp3) is 0. The van der Waals surface area contributed by atoms with Crippen molar-refractivity contribution in [2.75, 3.05) is 0 Å². The van der Waals surface area contributed by atoms with E-state index in [2.05, 4.69) is 340 Å². The number of fused-ring (bicyclic) bond motifs is 8. The van der Waals surface area contributed by atoms with Crippen LogP contribution in [0.5, 0.6) is 0 Å². The Labute approximate surface area is 538 Å². The second-order valence-corrected chi connectivity index (χ2v) is 29.4. The predicted molar refractivity (Wildman–Crippen MR) is 404 cm³/mol. The summed E-state index contributed by atoms with van der Waals surface area (Å²) in [5, 5.41) is 36.3. The van der Waals surface area contributed by atoms with E-state index in [1.54, 1.807) is 0 Å². The molecule has 0 bridgehead atoms. The van der Waals surface area contributed by atoms with Crippen LogP contribution in [0.4, 0.5) is 0 Å². The van der Waals surface area contributed by atoms with Gasteiger partial charge in [-0.25, -0.2) is 0 Å². The molecule has 0 radical (unpaired) electrons. The Morgan fingerprint density at radius 1 is 0.140 bits per heavy atom. The van der Waals surface area contributed by atoms with Crippen LogP contribution in [0.1, 0.15) is 0 Å². The highest BCUT2D eigenvalue weighted by atomic mass is 28.3. The van der Waals surface area contributed by atoms with E-state index in [4.69, 9.17) is 0 Å². The topological polar surface area (TPSA) is 0 Å². The zero-order chi connectivity index (χ0) is 60.9. The van der Waals surface area contributed by atoms with Crippen LogP contribution in [-0.2, 0) is 0 Å². The van der Waals surface area contributed by atoms with Gasteiger partial charge in [0.25, 0.3) is 0 Å². The molecular weight excluding hydrogens is 1130 g/mol. The highest BCUT2D eigenvalue weighted by Crippen LogP contribution is 2.50. The summed E-state index contributed by atoms with van der Waals surface area (Å²) >= 11 is 0. The van der Waals surface area contributed by atoms with Crippen LogP contribution in [0.2, 0.25) is 0 Å². The van der Waals surface area contributed by atoms with Gasteiger partial charge < -0.3 is 0 Å². The molecule has 428 valence electrons. The Kier molecular flexibility index (Phi) is 11.3. The van der Waals surface area contributed by atoms with Gasteiger partial charge in [-0.3, -0.25) is 0 Å². The molecule has 1 heteroatoms. The molecule has 20 aromatic carbocycles. The molecule has 0 saturated carbocycles. The van der Waals surface area contributed by atoms with Crippen LogP contribution in [-0.4, -0.2) is 8.07 Å². The Balaban J connectivity index is 0.752. The van der Waals surface area contributed by atoms with Crippen LogP contribution in [0, 0.1) is 0 Å². The first-order valence-electron chi connectivity index (χ1n) is 32.5. The van der Waals surface area contributed by atoms with Crippen LogP contribution in [0.25, 0.3) is 174 Å². The lowest BCUT2D eigenvalue weighted by atomic mass is 9.83. The number of benzene rings is 20. The Hall–Kier alpha value is -11.7. The second-order valence-electron chi connectivity index (χ2n) is 25.6. The van der Waals surface area contributed by atoms with E-state index in [-0.39, 0.29) is 0 Å². The minimum absolute atomic E-state index is 1.20. The SMILES string of the molecule is c1ccc([Si](c2ccccc2)(c2ccc(-c3c4ccccc4c(-c4cc5cccc6c7cccc8cccc(c(c4)c56)c87)c4ccccc34)cc2)c2ccc(-c3c4ccccc4c(-c4cc5cccc6c7cccc8cccc(c(c4)c56)c87)c4ccccc34)cc2)cc1. The lowest BCUT2D eigenvalue weighted by molar-refractivity contribution is 1.64. The van der Waals surface area contributed by atoms with Gasteiger partial charge in [0.05, 0.1) is 0 Å². The molecule has 0 amide bonds. The van der Waals surface area contributed by atoms with Crippen molar-refractivity contribution in [3.05, 3.63) is 340 Å². The van der Waals surface area contributed by atoms with Crippen molar-refractivity contribution in [2.24, 2.45) is 0 Å². The number of hydrogen-bond acceptors (Lipinski definition) is 0. The molecule has 0 fully saturated rings. The van der Waals surface area contributed by atoms with E-state index in [1.165, 1.54) is 195 Å². The fourth-order valence-electron chi connectivity index (χ4n) is 17.2. The third-order valence-electron chi connectivity index (χ3n) is 21.0. The molecular formula is C92H56Si. The van der Waals surface area contributed by atoms with E-state index in [0.29, 0.717) is 0 Å². The lowest BCUT2D eigenvalue weighted by Gasteiger charge is -2.34. The first kappa shape index (κ1) is 52.1. The monoisotopic (exact) mass is 1190 g/mol. The van der Waals surface area contributed by atoms with Crippen LogP contribution >= 0.6 is 0 Å². The van der Waals surface area contributed by atoms with Crippen LogP contribution < -0.4 is 20.7 Å². The van der Waals surface area contributed by atoms with Crippen molar-refractivity contribution in [1.29, 1.82) is 0 Å². The van der Waals surface area contributed by atoms with E-state index in [0.717, 1.165) is 0 Å². The molecule has 20 rings (SSSR count). The summed E-state index contributed by atoms with van der Waals surface area (Å²) in [5.41, 5.74) is 9.94. The van der Waals surface area contributed by atoms with Gasteiger partial charge in [-0.05, 0) is 219 Å². The highest BCUT2D eigenvalue weighted by Gasteiger charge is 2.41. The normalized spacial score (nSPS) is 12.3. The molecule has 0 atom stereocenters. The summed E-state index contributed by atoms with van der Waals surface area (Å²) in [6.07, 6.45) is 0. The lowest BCUT2D eigenvalue weighted by Crippen LogP contribution is -2.74. The van der Waals surface area contributed by atoms with Crippen LogP contribution in [0.15, 0.2) is 340 Å². The predicted octanol–water partition coefficient (Wildman–Crippen LogP) is 22.4. The highest BCUT2D eigenvalue weighted by molar-refractivity contribution is 7.19. The maximum Gasteiger partial charge on any atom is 0.179 e. The minimum Gasteiger partial charge on any atom is -0.0623 e. The van der Waals surface area contributed by atoms with E-state index < -0.39 is 8.07 Å². The summed E-state index contributed by atoms with van der Waals surface area (Å²) in [7, 11) is -3.01. The summed E-state index contributed by atoms with van der Waals surface area (Å²) in [5.74, 6) is 0. The molecule has 20 aromatic rings. The van der Waals surface area contributed by atoms with E-state index in [1.807, 2.05) is 0 Å². The second kappa shape index (κ2) is 20.1. The molecule has 0 nitrogen and oxygen atoms in total. The Bertz CT molecular complexity index is 5920. The van der Waals surface area contributed by atoms with Gasteiger partial charge >= 0.3 is 0 Å². The molecule has 0 unspecified atom stereocenters. The molecule has 93 heavy (non-hydrogen) atoms.